The highest BCUT2D eigenvalue weighted by atomic mass is 19.4. The molecule has 5 nitrogen and oxygen atoms in total. The predicted molar refractivity (Wildman–Crippen MR) is 121 cm³/mol. The number of fused-ring (bicyclic) bond motifs is 1. The summed E-state index contributed by atoms with van der Waals surface area (Å²) < 4.78 is 93.1. The lowest BCUT2D eigenvalue weighted by Gasteiger charge is -2.28. The topological polar surface area (TPSA) is 50.3 Å². The number of likely N-dealkylation sites (tertiary alicyclic amines) is 1. The summed E-state index contributed by atoms with van der Waals surface area (Å²) in [6, 6.07) is 2.26. The second-order valence-electron chi connectivity index (χ2n) is 9.77. The standard InChI is InChI=1S/C25H29F5N4O/c1-14-22(25(28,29)30)24(33-32-23(14)20-10-18(26)2-3-21(20)27)31-19-8-16-12-34(13-17(16)9-19)11-15-4-6-35-7-5-15/h2-3,10,15-17,19H,4-9,11-13H2,1H3,(H,31,33)/t16-,17+,19?/i11D2. The van der Waals surface area contributed by atoms with Crippen molar-refractivity contribution in [2.75, 3.05) is 38.1 Å². The second-order valence-corrected chi connectivity index (χ2v) is 9.77. The molecule has 1 aromatic carbocycles. The van der Waals surface area contributed by atoms with Crippen molar-refractivity contribution in [2.45, 2.75) is 44.8 Å². The van der Waals surface area contributed by atoms with Crippen LogP contribution >= 0.6 is 0 Å². The summed E-state index contributed by atoms with van der Waals surface area (Å²) in [4.78, 5) is 1.89. The van der Waals surface area contributed by atoms with Crippen molar-refractivity contribution < 1.29 is 29.4 Å². The van der Waals surface area contributed by atoms with Gasteiger partial charge in [0.25, 0.3) is 0 Å². The van der Waals surface area contributed by atoms with Gasteiger partial charge in [-0.1, -0.05) is 0 Å². The first-order valence-corrected chi connectivity index (χ1v) is 11.9. The van der Waals surface area contributed by atoms with Gasteiger partial charge in [-0.15, -0.1) is 10.2 Å². The van der Waals surface area contributed by atoms with Crippen molar-refractivity contribution in [3.05, 3.63) is 41.0 Å². The lowest BCUT2D eigenvalue weighted by Crippen LogP contribution is -2.32. The Balaban J connectivity index is 1.32. The molecule has 1 aromatic heterocycles. The Morgan fingerprint density at radius 3 is 2.46 bits per heavy atom. The highest BCUT2D eigenvalue weighted by Crippen LogP contribution is 2.43. The molecule has 0 radical (unpaired) electrons. The number of nitrogens with zero attached hydrogens (tertiary/aromatic N) is 3. The highest BCUT2D eigenvalue weighted by Gasteiger charge is 2.43. The maximum Gasteiger partial charge on any atom is 0.420 e. The molecule has 10 heteroatoms. The number of benzene rings is 1. The van der Waals surface area contributed by atoms with E-state index in [1.54, 1.807) is 0 Å². The Bertz CT molecular complexity index is 1140. The maximum atomic E-state index is 14.3. The zero-order valence-corrected chi connectivity index (χ0v) is 19.3. The number of nitrogens with one attached hydrogen (secondary N) is 1. The maximum absolute atomic E-state index is 14.3. The average molecular weight is 499 g/mol. The number of hydrogen-bond acceptors (Lipinski definition) is 5. The molecule has 1 N–H and O–H groups in total. The molecule has 1 unspecified atom stereocenters. The molecule has 1 saturated carbocycles. The minimum atomic E-state index is -4.79. The molecule has 2 aromatic rings. The highest BCUT2D eigenvalue weighted by molar-refractivity contribution is 5.68. The fourth-order valence-electron chi connectivity index (χ4n) is 5.71. The van der Waals surface area contributed by atoms with E-state index in [1.807, 2.05) is 4.90 Å². The fourth-order valence-corrected chi connectivity index (χ4v) is 5.71. The van der Waals surface area contributed by atoms with E-state index in [9.17, 15) is 22.0 Å². The van der Waals surface area contributed by atoms with Gasteiger partial charge in [0, 0.05) is 47.1 Å². The first kappa shape index (κ1) is 21.9. The van der Waals surface area contributed by atoms with Crippen LogP contribution in [-0.2, 0) is 10.9 Å². The molecule has 1 aliphatic carbocycles. The fraction of sp³-hybridized carbons (Fsp3) is 0.600. The van der Waals surface area contributed by atoms with Gasteiger partial charge in [0.2, 0.25) is 0 Å². The molecule has 3 atom stereocenters. The zero-order valence-electron chi connectivity index (χ0n) is 21.3. The van der Waals surface area contributed by atoms with Gasteiger partial charge >= 0.3 is 6.18 Å². The van der Waals surface area contributed by atoms with Crippen LogP contribution in [0, 0.1) is 36.3 Å². The molecule has 2 aliphatic heterocycles. The largest absolute Gasteiger partial charge is 0.420 e. The van der Waals surface area contributed by atoms with Crippen LogP contribution in [0.25, 0.3) is 11.3 Å². The predicted octanol–water partition coefficient (Wildman–Crippen LogP) is 5.30. The molecule has 0 spiro atoms. The van der Waals surface area contributed by atoms with Crippen LogP contribution in [0.15, 0.2) is 18.2 Å². The third-order valence-electron chi connectivity index (χ3n) is 7.36. The molecule has 190 valence electrons. The monoisotopic (exact) mass is 498 g/mol. The van der Waals surface area contributed by atoms with Gasteiger partial charge in [0.15, 0.2) is 5.82 Å². The smallest absolute Gasteiger partial charge is 0.381 e. The van der Waals surface area contributed by atoms with Crippen LogP contribution in [0.2, 0.25) is 0 Å². The van der Waals surface area contributed by atoms with Gasteiger partial charge in [-0.3, -0.25) is 0 Å². The van der Waals surface area contributed by atoms with E-state index < -0.39 is 35.7 Å². The van der Waals surface area contributed by atoms with Crippen LogP contribution in [0.5, 0.6) is 0 Å². The molecule has 5 rings (SSSR count). The lowest BCUT2D eigenvalue weighted by molar-refractivity contribution is -0.137. The Morgan fingerprint density at radius 2 is 1.80 bits per heavy atom. The van der Waals surface area contributed by atoms with Crippen LogP contribution in [0.4, 0.5) is 27.8 Å². The summed E-state index contributed by atoms with van der Waals surface area (Å²) in [5, 5.41) is 10.5. The molecule has 3 aliphatic rings. The molecule has 3 fully saturated rings. The third-order valence-corrected chi connectivity index (χ3v) is 7.36. The number of anilines is 1. The minimum absolute atomic E-state index is 0.0944. The molecular weight excluding hydrogens is 467 g/mol. The van der Waals surface area contributed by atoms with Crippen molar-refractivity contribution in [2.24, 2.45) is 17.8 Å². The molecule has 0 amide bonds. The van der Waals surface area contributed by atoms with Crippen LogP contribution < -0.4 is 5.32 Å². The van der Waals surface area contributed by atoms with Gasteiger partial charge in [0.1, 0.15) is 17.2 Å². The van der Waals surface area contributed by atoms with Crippen molar-refractivity contribution in [3.63, 3.8) is 0 Å². The van der Waals surface area contributed by atoms with E-state index >= 15 is 0 Å². The number of rotatable bonds is 5. The van der Waals surface area contributed by atoms with Crippen LogP contribution in [-0.4, -0.2) is 53.9 Å². The Labute approximate surface area is 203 Å². The third kappa shape index (κ3) is 5.14. The Kier molecular flexibility index (Phi) is 6.02. The van der Waals surface area contributed by atoms with E-state index in [2.05, 4.69) is 15.5 Å². The van der Waals surface area contributed by atoms with E-state index in [1.165, 1.54) is 6.92 Å². The first-order chi connectivity index (χ1) is 17.4. The van der Waals surface area contributed by atoms with Crippen LogP contribution in [0.3, 0.4) is 0 Å². The number of halogens is 5. The van der Waals surface area contributed by atoms with E-state index in [4.69, 9.17) is 7.48 Å². The quantitative estimate of drug-likeness (QED) is 0.568. The summed E-state index contributed by atoms with van der Waals surface area (Å²) in [6.45, 7) is 1.98. The van der Waals surface area contributed by atoms with Crippen molar-refractivity contribution in [1.82, 2.24) is 15.1 Å². The Morgan fingerprint density at radius 1 is 1.11 bits per heavy atom. The second kappa shape index (κ2) is 9.61. The number of hydrogen-bond donors (Lipinski definition) is 1. The summed E-state index contributed by atoms with van der Waals surface area (Å²) >= 11 is 0. The molecule has 2 saturated heterocycles. The SMILES string of the molecule is [2H]C([2H])(C1CCOCC1)N1C[C@H]2CC(Nc3nnc(-c4cc(F)ccc4F)c(C)c3C(F)(F)F)C[C@H]2C1. The minimum Gasteiger partial charge on any atom is -0.381 e. The number of alkyl halides is 3. The molecule has 0 bridgehead atoms. The van der Waals surface area contributed by atoms with E-state index in [0.29, 0.717) is 52.0 Å². The van der Waals surface area contributed by atoms with E-state index in [0.717, 1.165) is 18.2 Å². The number of aromatic nitrogens is 2. The Hall–Kier alpha value is -2.33. The number of ether oxygens (including phenoxy) is 1. The van der Waals surface area contributed by atoms with Crippen molar-refractivity contribution in [3.8, 4) is 11.3 Å². The summed E-state index contributed by atoms with van der Waals surface area (Å²) in [5.74, 6) is -1.87. The molecular formula is C25H29F5N4O. The van der Waals surface area contributed by atoms with Gasteiger partial charge in [0.05, 0.1) is 5.69 Å². The zero-order chi connectivity index (χ0) is 26.5. The van der Waals surface area contributed by atoms with Crippen molar-refractivity contribution >= 4 is 5.82 Å². The van der Waals surface area contributed by atoms with Crippen molar-refractivity contribution in [1.29, 1.82) is 0 Å². The first-order valence-electron chi connectivity index (χ1n) is 12.9. The normalized spacial score (nSPS) is 27.0. The van der Waals surface area contributed by atoms with Gasteiger partial charge < -0.3 is 15.0 Å². The van der Waals surface area contributed by atoms with Crippen LogP contribution in [0.1, 0.15) is 39.6 Å². The summed E-state index contributed by atoms with van der Waals surface area (Å²) in [5.41, 5.74) is -2.11. The summed E-state index contributed by atoms with van der Waals surface area (Å²) in [6.07, 6.45) is -2.26. The lowest BCUT2D eigenvalue weighted by atomic mass is 10.00. The molecule has 35 heavy (non-hydrogen) atoms. The van der Waals surface area contributed by atoms with E-state index in [-0.39, 0.29) is 40.6 Å². The van der Waals surface area contributed by atoms with Gasteiger partial charge in [-0.2, -0.15) is 13.2 Å². The average Bonchev–Trinajstić information content (AvgIpc) is 3.40. The van der Waals surface area contributed by atoms with Gasteiger partial charge in [-0.05, 0) is 74.1 Å². The molecule has 3 heterocycles. The van der Waals surface area contributed by atoms with Gasteiger partial charge in [-0.25, -0.2) is 8.78 Å². The summed E-state index contributed by atoms with van der Waals surface area (Å²) in [7, 11) is 0.